The summed E-state index contributed by atoms with van der Waals surface area (Å²) in [6.45, 7) is 0. The molecule has 0 aliphatic heterocycles. The van der Waals surface area contributed by atoms with Crippen molar-refractivity contribution in [1.29, 1.82) is 0 Å². The average Bonchev–Trinajstić information content (AvgIpc) is 2.46. The molecule has 2 rings (SSSR count). The first kappa shape index (κ1) is 14.7. The van der Waals surface area contributed by atoms with Crippen LogP contribution in [0.15, 0.2) is 30.3 Å². The summed E-state index contributed by atoms with van der Waals surface area (Å²) in [5.74, 6) is -0.322. The Labute approximate surface area is 123 Å². The fraction of sp³-hybridized carbons (Fsp3) is 0.0833. The van der Waals surface area contributed by atoms with Gasteiger partial charge in [-0.05, 0) is 12.1 Å². The summed E-state index contributed by atoms with van der Waals surface area (Å²) < 4.78 is 4.83. The molecule has 1 amide bonds. The number of methoxy groups -OCH3 is 1. The maximum atomic E-state index is 12.0. The number of aromatic nitrogens is 2. The third-order valence-corrected chi connectivity index (χ3v) is 2.63. The monoisotopic (exact) mass is 308 g/mol. The Bertz CT molecular complexity index is 690. The molecule has 0 aliphatic carbocycles. The number of carbonyl (C=O) groups excluding carboxylic acids is 1. The molecule has 2 aromatic rings. The van der Waals surface area contributed by atoms with Gasteiger partial charge in [0.15, 0.2) is 0 Å². The molecule has 8 nitrogen and oxygen atoms in total. The van der Waals surface area contributed by atoms with E-state index in [-0.39, 0.29) is 28.2 Å². The van der Waals surface area contributed by atoms with E-state index >= 15 is 0 Å². The lowest BCUT2D eigenvalue weighted by Gasteiger charge is -2.06. The van der Waals surface area contributed by atoms with Crippen LogP contribution < -0.4 is 10.1 Å². The Kier molecular flexibility index (Phi) is 4.29. The highest BCUT2D eigenvalue weighted by Gasteiger charge is 2.11. The van der Waals surface area contributed by atoms with Crippen LogP contribution >= 0.6 is 11.6 Å². The molecule has 1 aromatic heterocycles. The Morgan fingerprint density at radius 3 is 2.57 bits per heavy atom. The van der Waals surface area contributed by atoms with Crippen molar-refractivity contribution in [3.05, 3.63) is 51.2 Å². The standard InChI is InChI=1S/C12H9ClN4O4/c1-21-12-14-9(13)6-10(16-12)15-11(18)7-2-4-8(5-3-7)17(19)20/h2-6H,1H3,(H,14,15,16,18). The Hall–Kier alpha value is -2.74. The first-order chi connectivity index (χ1) is 9.99. The van der Waals surface area contributed by atoms with Crippen LogP contribution in [0.1, 0.15) is 10.4 Å². The zero-order chi connectivity index (χ0) is 15.4. The van der Waals surface area contributed by atoms with E-state index in [1.807, 2.05) is 0 Å². The average molecular weight is 309 g/mol. The van der Waals surface area contributed by atoms with E-state index in [0.717, 1.165) is 0 Å². The van der Waals surface area contributed by atoms with Crippen molar-refractivity contribution in [1.82, 2.24) is 9.97 Å². The number of nitro groups is 1. The third-order valence-electron chi connectivity index (χ3n) is 2.44. The van der Waals surface area contributed by atoms with E-state index in [1.165, 1.54) is 37.4 Å². The molecule has 0 aliphatic rings. The summed E-state index contributed by atoms with van der Waals surface area (Å²) in [5, 5.41) is 13.2. The smallest absolute Gasteiger partial charge is 0.319 e. The van der Waals surface area contributed by atoms with Crippen molar-refractivity contribution in [2.75, 3.05) is 12.4 Å². The summed E-state index contributed by atoms with van der Waals surface area (Å²) in [5.41, 5.74) is 0.146. The predicted octanol–water partition coefficient (Wildman–Crippen LogP) is 2.30. The minimum Gasteiger partial charge on any atom is -0.467 e. The van der Waals surface area contributed by atoms with E-state index < -0.39 is 10.8 Å². The quantitative estimate of drug-likeness (QED) is 0.527. The summed E-state index contributed by atoms with van der Waals surface area (Å²) in [6.07, 6.45) is 0. The largest absolute Gasteiger partial charge is 0.467 e. The van der Waals surface area contributed by atoms with E-state index in [1.54, 1.807) is 0 Å². The molecule has 0 saturated carbocycles. The number of ether oxygens (including phenoxy) is 1. The number of non-ortho nitro benzene ring substituents is 1. The summed E-state index contributed by atoms with van der Waals surface area (Å²) in [7, 11) is 1.37. The Balaban J connectivity index is 2.17. The number of nitro benzene ring substituents is 1. The molecule has 0 atom stereocenters. The lowest BCUT2D eigenvalue weighted by Crippen LogP contribution is -2.13. The number of benzene rings is 1. The van der Waals surface area contributed by atoms with Gasteiger partial charge < -0.3 is 10.1 Å². The lowest BCUT2D eigenvalue weighted by molar-refractivity contribution is -0.384. The second-order valence-electron chi connectivity index (χ2n) is 3.82. The highest BCUT2D eigenvalue weighted by atomic mass is 35.5. The molecule has 21 heavy (non-hydrogen) atoms. The zero-order valence-corrected chi connectivity index (χ0v) is 11.5. The molecule has 0 radical (unpaired) electrons. The van der Waals surface area contributed by atoms with Crippen molar-refractivity contribution in [3.8, 4) is 6.01 Å². The Morgan fingerprint density at radius 1 is 1.33 bits per heavy atom. The minimum absolute atomic E-state index is 0.0153. The number of halogens is 1. The van der Waals surface area contributed by atoms with E-state index in [9.17, 15) is 14.9 Å². The van der Waals surface area contributed by atoms with E-state index in [4.69, 9.17) is 16.3 Å². The van der Waals surface area contributed by atoms with E-state index in [0.29, 0.717) is 0 Å². The Morgan fingerprint density at radius 2 is 2.00 bits per heavy atom. The number of rotatable bonds is 4. The number of carbonyl (C=O) groups is 1. The molecule has 108 valence electrons. The first-order valence-corrected chi connectivity index (χ1v) is 6.02. The predicted molar refractivity (Wildman–Crippen MR) is 74.6 cm³/mol. The normalized spacial score (nSPS) is 10.0. The molecular weight excluding hydrogens is 300 g/mol. The van der Waals surface area contributed by atoms with Gasteiger partial charge in [-0.25, -0.2) is 0 Å². The fourth-order valence-electron chi connectivity index (χ4n) is 1.48. The topological polar surface area (TPSA) is 107 Å². The van der Waals surface area contributed by atoms with Crippen molar-refractivity contribution in [3.63, 3.8) is 0 Å². The van der Waals surface area contributed by atoms with Crippen LogP contribution in [0.2, 0.25) is 5.15 Å². The van der Waals surface area contributed by atoms with Gasteiger partial charge in [0, 0.05) is 23.8 Å². The molecule has 0 bridgehead atoms. The minimum atomic E-state index is -0.545. The lowest BCUT2D eigenvalue weighted by atomic mass is 10.2. The number of amides is 1. The van der Waals surface area contributed by atoms with Crippen LogP contribution in [0.25, 0.3) is 0 Å². The van der Waals surface area contributed by atoms with Gasteiger partial charge in [0.05, 0.1) is 12.0 Å². The second-order valence-corrected chi connectivity index (χ2v) is 4.21. The maximum Gasteiger partial charge on any atom is 0.319 e. The van der Waals surface area contributed by atoms with Crippen molar-refractivity contribution >= 4 is 29.0 Å². The van der Waals surface area contributed by atoms with Gasteiger partial charge in [0.1, 0.15) is 11.0 Å². The third kappa shape index (κ3) is 3.63. The van der Waals surface area contributed by atoms with Gasteiger partial charge in [-0.3, -0.25) is 14.9 Å². The van der Waals surface area contributed by atoms with Crippen LogP contribution in [0.4, 0.5) is 11.5 Å². The highest BCUT2D eigenvalue weighted by molar-refractivity contribution is 6.29. The van der Waals surface area contributed by atoms with Gasteiger partial charge in [0.2, 0.25) is 0 Å². The summed E-state index contributed by atoms with van der Waals surface area (Å²) in [4.78, 5) is 29.7. The summed E-state index contributed by atoms with van der Waals surface area (Å²) >= 11 is 5.76. The van der Waals surface area contributed by atoms with Crippen LogP contribution in [0.3, 0.4) is 0 Å². The molecular formula is C12H9ClN4O4. The zero-order valence-electron chi connectivity index (χ0n) is 10.7. The molecule has 1 aromatic carbocycles. The van der Waals surface area contributed by atoms with Gasteiger partial charge in [-0.15, -0.1) is 0 Å². The molecule has 0 unspecified atom stereocenters. The molecule has 0 fully saturated rings. The SMILES string of the molecule is COc1nc(Cl)cc(NC(=O)c2ccc([N+](=O)[O-])cc2)n1. The van der Waals surface area contributed by atoms with Gasteiger partial charge >= 0.3 is 6.01 Å². The molecule has 1 heterocycles. The van der Waals surface area contributed by atoms with Crippen LogP contribution in [-0.4, -0.2) is 27.9 Å². The van der Waals surface area contributed by atoms with Gasteiger partial charge in [-0.1, -0.05) is 11.6 Å². The fourth-order valence-corrected chi connectivity index (χ4v) is 1.65. The van der Waals surface area contributed by atoms with Crippen molar-refractivity contribution in [2.24, 2.45) is 0 Å². The van der Waals surface area contributed by atoms with Crippen LogP contribution in [-0.2, 0) is 0 Å². The summed E-state index contributed by atoms with van der Waals surface area (Å²) in [6, 6.07) is 6.53. The van der Waals surface area contributed by atoms with E-state index in [2.05, 4.69) is 15.3 Å². The molecule has 0 spiro atoms. The van der Waals surface area contributed by atoms with Crippen LogP contribution in [0, 0.1) is 10.1 Å². The van der Waals surface area contributed by atoms with Crippen LogP contribution in [0.5, 0.6) is 6.01 Å². The van der Waals surface area contributed by atoms with Crippen molar-refractivity contribution < 1.29 is 14.5 Å². The number of hydrogen-bond donors (Lipinski definition) is 1. The van der Waals surface area contributed by atoms with Crippen molar-refractivity contribution in [2.45, 2.75) is 0 Å². The number of nitrogens with one attached hydrogen (secondary N) is 1. The molecule has 9 heteroatoms. The molecule has 0 saturated heterocycles. The van der Waals surface area contributed by atoms with Gasteiger partial charge in [0.25, 0.3) is 11.6 Å². The van der Waals surface area contributed by atoms with Gasteiger partial charge in [-0.2, -0.15) is 9.97 Å². The number of hydrogen-bond acceptors (Lipinski definition) is 6. The number of anilines is 1. The highest BCUT2D eigenvalue weighted by Crippen LogP contribution is 2.17. The first-order valence-electron chi connectivity index (χ1n) is 5.64. The second kappa shape index (κ2) is 6.14. The maximum absolute atomic E-state index is 12.0. The number of nitrogens with zero attached hydrogens (tertiary/aromatic N) is 3. The molecule has 1 N–H and O–H groups in total.